The van der Waals surface area contributed by atoms with Crippen molar-refractivity contribution in [2.75, 3.05) is 44.2 Å². The van der Waals surface area contributed by atoms with Crippen LogP contribution in [0.5, 0.6) is 17.2 Å². The molecule has 46 heavy (non-hydrogen) atoms. The van der Waals surface area contributed by atoms with Crippen molar-refractivity contribution in [1.29, 1.82) is 0 Å². The molecule has 248 valence electrons. The summed E-state index contributed by atoms with van der Waals surface area (Å²) >= 11 is 0. The molecular formula is C33H41N3O8S2. The fourth-order valence-electron chi connectivity index (χ4n) is 5.38. The van der Waals surface area contributed by atoms with Crippen LogP contribution in [0.2, 0.25) is 0 Å². The fraction of sp³-hybridized carbons (Fsp3) is 0.424. The van der Waals surface area contributed by atoms with Crippen molar-refractivity contribution in [2.45, 2.75) is 61.3 Å². The monoisotopic (exact) mass is 671 g/mol. The average Bonchev–Trinajstić information content (AvgIpc) is 3.06. The maximum atomic E-state index is 13.9. The summed E-state index contributed by atoms with van der Waals surface area (Å²) in [6, 6.07) is 17.7. The summed E-state index contributed by atoms with van der Waals surface area (Å²) in [5.74, 6) is 0.773. The number of carbonyl (C=O) groups excluding carboxylic acids is 1. The number of nitrogens with one attached hydrogen (secondary N) is 1. The van der Waals surface area contributed by atoms with Gasteiger partial charge in [-0.3, -0.25) is 9.10 Å². The molecule has 0 radical (unpaired) electrons. The number of amides is 1. The molecule has 11 nitrogen and oxygen atoms in total. The molecule has 13 heteroatoms. The minimum atomic E-state index is -4.06. The zero-order valence-corrected chi connectivity index (χ0v) is 28.2. The average molecular weight is 672 g/mol. The largest absolute Gasteiger partial charge is 0.497 e. The number of nitrogens with zero attached hydrogens (tertiary/aromatic N) is 2. The smallest absolute Gasteiger partial charge is 0.264 e. The van der Waals surface area contributed by atoms with Crippen LogP contribution < -0.4 is 23.8 Å². The summed E-state index contributed by atoms with van der Waals surface area (Å²) in [6.07, 6.45) is 1.65. The summed E-state index contributed by atoms with van der Waals surface area (Å²) in [7, 11) is -6.10. The number of methoxy groups -OCH3 is 1. The lowest BCUT2D eigenvalue weighted by molar-refractivity contribution is -0.127. The molecule has 2 aliphatic heterocycles. The molecule has 0 saturated carbocycles. The lowest BCUT2D eigenvalue weighted by Gasteiger charge is -2.36. The van der Waals surface area contributed by atoms with Crippen LogP contribution in [0.15, 0.2) is 76.5 Å². The highest BCUT2D eigenvalue weighted by molar-refractivity contribution is 7.92. The van der Waals surface area contributed by atoms with Gasteiger partial charge in [-0.1, -0.05) is 33.3 Å². The second kappa shape index (κ2) is 13.5. The van der Waals surface area contributed by atoms with Gasteiger partial charge in [-0.25, -0.2) is 16.8 Å². The van der Waals surface area contributed by atoms with Gasteiger partial charge < -0.3 is 19.5 Å². The minimum absolute atomic E-state index is 0.0598. The Morgan fingerprint density at radius 3 is 2.09 bits per heavy atom. The van der Waals surface area contributed by atoms with Crippen molar-refractivity contribution in [3.05, 3.63) is 72.3 Å². The van der Waals surface area contributed by atoms with Crippen LogP contribution in [-0.4, -0.2) is 73.0 Å². The lowest BCUT2D eigenvalue weighted by Crippen LogP contribution is -2.51. The molecule has 1 amide bonds. The summed E-state index contributed by atoms with van der Waals surface area (Å²) in [4.78, 5) is 13.5. The van der Waals surface area contributed by atoms with Gasteiger partial charge in [0.2, 0.25) is 10.0 Å². The highest BCUT2D eigenvalue weighted by atomic mass is 32.2. The third-order valence-electron chi connectivity index (χ3n) is 8.08. The molecule has 0 spiro atoms. The van der Waals surface area contributed by atoms with Crippen molar-refractivity contribution in [3.63, 3.8) is 0 Å². The van der Waals surface area contributed by atoms with E-state index < -0.39 is 32.1 Å². The van der Waals surface area contributed by atoms with E-state index in [1.165, 1.54) is 40.0 Å². The molecule has 1 N–H and O–H groups in total. The molecule has 0 aliphatic carbocycles. The second-order valence-corrected chi connectivity index (χ2v) is 16.1. The van der Waals surface area contributed by atoms with Crippen LogP contribution in [0.4, 0.5) is 5.69 Å². The Labute approximate surface area is 271 Å². The topological polar surface area (TPSA) is 132 Å². The highest BCUT2D eigenvalue weighted by Crippen LogP contribution is 2.40. The standard InChI is InChI=1S/C33H41N3O8S2/c1-33(2,3)24-8-17-30-29(22-24)36(46(40,41)28-13-9-25(42-4)10-14-28)23-31(44-30)32(37)34-18-21-43-26-11-15-27(16-12-26)45(38,39)35-19-6-5-7-20-35/h8-17,22,31H,5-7,18-21,23H2,1-4H3,(H,34,37). The number of anilines is 1. The second-order valence-electron chi connectivity index (χ2n) is 12.3. The number of hydrogen-bond acceptors (Lipinski definition) is 8. The zero-order chi connectivity index (χ0) is 33.1. The predicted molar refractivity (Wildman–Crippen MR) is 175 cm³/mol. The van der Waals surface area contributed by atoms with Gasteiger partial charge in [0.15, 0.2) is 6.10 Å². The molecular weight excluding hydrogens is 631 g/mol. The van der Waals surface area contributed by atoms with E-state index in [9.17, 15) is 21.6 Å². The maximum Gasteiger partial charge on any atom is 0.264 e. The molecule has 0 aromatic heterocycles. The van der Waals surface area contributed by atoms with Crippen molar-refractivity contribution in [3.8, 4) is 17.2 Å². The van der Waals surface area contributed by atoms with Gasteiger partial charge in [0.25, 0.3) is 15.9 Å². The number of carbonyl (C=O) groups is 1. The van der Waals surface area contributed by atoms with Crippen LogP contribution in [0, 0.1) is 0 Å². The van der Waals surface area contributed by atoms with Gasteiger partial charge in [-0.2, -0.15) is 4.31 Å². The summed E-state index contributed by atoms with van der Waals surface area (Å²) in [5, 5.41) is 2.77. The summed E-state index contributed by atoms with van der Waals surface area (Å²) in [5.41, 5.74) is 1.03. The Morgan fingerprint density at radius 2 is 1.48 bits per heavy atom. The number of sulfonamides is 2. The van der Waals surface area contributed by atoms with Crippen molar-refractivity contribution in [2.24, 2.45) is 0 Å². The Morgan fingerprint density at radius 1 is 0.870 bits per heavy atom. The first-order chi connectivity index (χ1) is 21.8. The van der Waals surface area contributed by atoms with Gasteiger partial charge in [-0.15, -0.1) is 0 Å². The predicted octanol–water partition coefficient (Wildman–Crippen LogP) is 4.32. The molecule has 1 unspecified atom stereocenters. The van der Waals surface area contributed by atoms with E-state index in [1.54, 1.807) is 36.4 Å². The fourth-order valence-corrected chi connectivity index (χ4v) is 8.36. The van der Waals surface area contributed by atoms with Crippen LogP contribution in [0.3, 0.4) is 0 Å². The third-order valence-corrected chi connectivity index (χ3v) is 11.8. The normalized spacial score (nSPS) is 17.5. The Bertz CT molecular complexity index is 1750. The molecule has 2 aliphatic rings. The number of ether oxygens (including phenoxy) is 3. The lowest BCUT2D eigenvalue weighted by atomic mass is 9.86. The molecule has 1 fully saturated rings. The zero-order valence-electron chi connectivity index (χ0n) is 26.6. The maximum absolute atomic E-state index is 13.9. The Hall–Kier alpha value is -3.81. The van der Waals surface area contributed by atoms with Gasteiger partial charge in [0, 0.05) is 13.1 Å². The molecule has 1 saturated heterocycles. The van der Waals surface area contributed by atoms with E-state index in [-0.39, 0.29) is 40.7 Å². The number of piperidine rings is 1. The first kappa shape index (κ1) is 33.6. The van der Waals surface area contributed by atoms with Crippen molar-refractivity contribution >= 4 is 31.6 Å². The summed E-state index contributed by atoms with van der Waals surface area (Å²) < 4.78 is 73.3. The van der Waals surface area contributed by atoms with Crippen LogP contribution in [0.25, 0.3) is 0 Å². The van der Waals surface area contributed by atoms with Crippen molar-refractivity contribution < 1.29 is 35.8 Å². The van der Waals surface area contributed by atoms with Crippen LogP contribution in [0.1, 0.15) is 45.6 Å². The Balaban J connectivity index is 1.25. The number of benzene rings is 3. The molecule has 2 heterocycles. The first-order valence-corrected chi connectivity index (χ1v) is 18.2. The quantitative estimate of drug-likeness (QED) is 0.316. The van der Waals surface area contributed by atoms with E-state index in [0.717, 1.165) is 24.8 Å². The number of fused-ring (bicyclic) bond motifs is 1. The molecule has 5 rings (SSSR count). The molecule has 1 atom stereocenters. The van der Waals surface area contributed by atoms with Crippen LogP contribution in [-0.2, 0) is 30.3 Å². The van der Waals surface area contributed by atoms with E-state index >= 15 is 0 Å². The van der Waals surface area contributed by atoms with Crippen molar-refractivity contribution in [1.82, 2.24) is 9.62 Å². The third kappa shape index (κ3) is 7.26. The van der Waals surface area contributed by atoms with Gasteiger partial charge in [-0.05, 0) is 84.5 Å². The van der Waals surface area contributed by atoms with E-state index in [4.69, 9.17) is 14.2 Å². The summed E-state index contributed by atoms with van der Waals surface area (Å²) in [6.45, 7) is 7.15. The SMILES string of the molecule is COc1ccc(S(=O)(=O)N2CC(C(=O)NCCOc3ccc(S(=O)(=O)N4CCCCC4)cc3)Oc3ccc(C(C)(C)C)cc32)cc1. The Kier molecular flexibility index (Phi) is 9.85. The number of hydrogen-bond donors (Lipinski definition) is 1. The highest BCUT2D eigenvalue weighted by Gasteiger charge is 2.38. The number of rotatable bonds is 10. The van der Waals surface area contributed by atoms with Gasteiger partial charge >= 0.3 is 0 Å². The van der Waals surface area contributed by atoms with Gasteiger partial charge in [0.05, 0.1) is 35.7 Å². The van der Waals surface area contributed by atoms with Crippen LogP contribution >= 0.6 is 0 Å². The van der Waals surface area contributed by atoms with E-state index in [1.807, 2.05) is 26.8 Å². The minimum Gasteiger partial charge on any atom is -0.497 e. The molecule has 3 aromatic carbocycles. The molecule has 0 bridgehead atoms. The molecule has 3 aromatic rings. The van der Waals surface area contributed by atoms with E-state index in [2.05, 4.69) is 5.32 Å². The van der Waals surface area contributed by atoms with Gasteiger partial charge in [0.1, 0.15) is 23.9 Å². The van der Waals surface area contributed by atoms with E-state index in [0.29, 0.717) is 30.3 Å². The first-order valence-electron chi connectivity index (χ1n) is 15.3.